The van der Waals surface area contributed by atoms with Crippen LogP contribution in [-0.2, 0) is 6.54 Å². The summed E-state index contributed by atoms with van der Waals surface area (Å²) in [5, 5.41) is 15.3. The van der Waals surface area contributed by atoms with Gasteiger partial charge in [-0.05, 0) is 44.8 Å². The minimum atomic E-state index is -0.397. The van der Waals surface area contributed by atoms with Crippen LogP contribution in [-0.4, -0.2) is 71.2 Å². The maximum Gasteiger partial charge on any atom is 0.278 e. The second kappa shape index (κ2) is 10.3. The summed E-state index contributed by atoms with van der Waals surface area (Å²) in [7, 11) is 2.05. The van der Waals surface area contributed by atoms with E-state index in [-0.39, 0.29) is 5.69 Å². The number of nitrogens with zero attached hydrogens (tertiary/aromatic N) is 6. The van der Waals surface area contributed by atoms with E-state index in [4.69, 9.17) is 4.52 Å². The Labute approximate surface area is 187 Å². The third-order valence-electron chi connectivity index (χ3n) is 5.72. The first-order valence-electron chi connectivity index (χ1n) is 10.9. The predicted molar refractivity (Wildman–Crippen MR) is 122 cm³/mol. The van der Waals surface area contributed by atoms with Gasteiger partial charge in [0.15, 0.2) is 5.76 Å². The van der Waals surface area contributed by atoms with Crippen molar-refractivity contribution in [1.29, 1.82) is 0 Å². The van der Waals surface area contributed by atoms with Crippen molar-refractivity contribution in [2.75, 3.05) is 51.2 Å². The number of hydrogen-bond acceptors (Lipinski definition) is 8. The molecule has 9 heteroatoms. The molecule has 0 atom stereocenters. The highest BCUT2D eigenvalue weighted by Gasteiger charge is 2.19. The van der Waals surface area contributed by atoms with Gasteiger partial charge in [-0.3, -0.25) is 19.9 Å². The SMILES string of the molecule is CN(CCCN1CCN(c2ccccn2)CC1)Cc1cc(-c2ccccc2[N+](=O)[O-])no1. The van der Waals surface area contributed by atoms with Crippen molar-refractivity contribution in [2.45, 2.75) is 13.0 Å². The van der Waals surface area contributed by atoms with Gasteiger partial charge in [-0.2, -0.15) is 0 Å². The molecule has 0 spiro atoms. The number of pyridine rings is 1. The van der Waals surface area contributed by atoms with Gasteiger partial charge in [0, 0.05) is 44.5 Å². The molecule has 168 valence electrons. The quantitative estimate of drug-likeness (QED) is 0.373. The van der Waals surface area contributed by atoms with E-state index >= 15 is 0 Å². The van der Waals surface area contributed by atoms with E-state index in [2.05, 4.69) is 30.9 Å². The number of hydrogen-bond donors (Lipinski definition) is 0. The van der Waals surface area contributed by atoms with E-state index in [0.29, 0.717) is 23.6 Å². The molecule has 1 fully saturated rings. The second-order valence-corrected chi connectivity index (χ2v) is 8.06. The fraction of sp³-hybridized carbons (Fsp3) is 0.391. The zero-order valence-electron chi connectivity index (χ0n) is 18.3. The number of rotatable bonds is 9. The first-order valence-corrected chi connectivity index (χ1v) is 10.9. The van der Waals surface area contributed by atoms with Crippen LogP contribution in [0.1, 0.15) is 12.2 Å². The maximum absolute atomic E-state index is 11.2. The molecule has 0 aliphatic carbocycles. The van der Waals surface area contributed by atoms with Gasteiger partial charge in [0.05, 0.1) is 17.0 Å². The van der Waals surface area contributed by atoms with Gasteiger partial charge in [0.2, 0.25) is 0 Å². The number of anilines is 1. The van der Waals surface area contributed by atoms with E-state index in [9.17, 15) is 10.1 Å². The van der Waals surface area contributed by atoms with Crippen molar-refractivity contribution in [3.8, 4) is 11.3 Å². The van der Waals surface area contributed by atoms with E-state index in [1.807, 2.05) is 25.4 Å². The molecule has 0 radical (unpaired) electrons. The summed E-state index contributed by atoms with van der Waals surface area (Å²) in [6, 6.07) is 14.4. The number of aromatic nitrogens is 2. The Morgan fingerprint density at radius 3 is 2.66 bits per heavy atom. The molecule has 4 rings (SSSR count). The van der Waals surface area contributed by atoms with Gasteiger partial charge in [-0.15, -0.1) is 0 Å². The summed E-state index contributed by atoms with van der Waals surface area (Å²) < 4.78 is 5.44. The molecule has 0 unspecified atom stereocenters. The highest BCUT2D eigenvalue weighted by Crippen LogP contribution is 2.29. The maximum atomic E-state index is 11.2. The summed E-state index contributed by atoms with van der Waals surface area (Å²) in [5.74, 6) is 1.75. The van der Waals surface area contributed by atoms with Gasteiger partial charge < -0.3 is 9.42 Å². The van der Waals surface area contributed by atoms with Crippen molar-refractivity contribution in [3.63, 3.8) is 0 Å². The molecule has 1 saturated heterocycles. The summed E-state index contributed by atoms with van der Waals surface area (Å²) in [5.41, 5.74) is 0.996. The average molecular weight is 437 g/mol. The molecule has 32 heavy (non-hydrogen) atoms. The van der Waals surface area contributed by atoms with Crippen LogP contribution in [0, 0.1) is 10.1 Å². The topological polar surface area (TPSA) is 91.8 Å². The minimum absolute atomic E-state index is 0.0313. The molecule has 2 aromatic heterocycles. The van der Waals surface area contributed by atoms with Crippen molar-refractivity contribution in [2.24, 2.45) is 0 Å². The number of nitro groups is 1. The molecule has 0 amide bonds. The Kier molecular flexibility index (Phi) is 7.08. The average Bonchev–Trinajstić information content (AvgIpc) is 3.28. The van der Waals surface area contributed by atoms with Crippen LogP contribution in [0.15, 0.2) is 59.3 Å². The van der Waals surface area contributed by atoms with Gasteiger partial charge in [-0.1, -0.05) is 23.4 Å². The van der Waals surface area contributed by atoms with E-state index < -0.39 is 4.92 Å². The predicted octanol–water partition coefficient (Wildman–Crippen LogP) is 3.29. The molecule has 0 N–H and O–H groups in total. The molecular weight excluding hydrogens is 408 g/mol. The lowest BCUT2D eigenvalue weighted by atomic mass is 10.1. The van der Waals surface area contributed by atoms with Gasteiger partial charge in [-0.25, -0.2) is 4.98 Å². The molecule has 3 aromatic rings. The van der Waals surface area contributed by atoms with Crippen LogP contribution in [0.2, 0.25) is 0 Å². The molecule has 0 saturated carbocycles. The fourth-order valence-electron chi connectivity index (χ4n) is 4.01. The Morgan fingerprint density at radius 1 is 1.12 bits per heavy atom. The highest BCUT2D eigenvalue weighted by atomic mass is 16.6. The number of piperazine rings is 1. The lowest BCUT2D eigenvalue weighted by Crippen LogP contribution is -2.47. The van der Waals surface area contributed by atoms with Crippen molar-refractivity contribution in [3.05, 3.63) is 70.6 Å². The number of nitro benzene ring substituents is 1. The summed E-state index contributed by atoms with van der Waals surface area (Å²) in [6.07, 6.45) is 2.90. The lowest BCUT2D eigenvalue weighted by Gasteiger charge is -2.35. The molecule has 9 nitrogen and oxygen atoms in total. The largest absolute Gasteiger partial charge is 0.359 e. The van der Waals surface area contributed by atoms with Gasteiger partial charge >= 0.3 is 0 Å². The molecule has 1 aliphatic heterocycles. The normalized spacial score (nSPS) is 14.8. The van der Waals surface area contributed by atoms with Crippen molar-refractivity contribution < 1.29 is 9.45 Å². The Morgan fingerprint density at radius 2 is 1.91 bits per heavy atom. The first kappa shape index (κ1) is 21.9. The van der Waals surface area contributed by atoms with Crippen LogP contribution in [0.3, 0.4) is 0 Å². The molecule has 3 heterocycles. The first-order chi connectivity index (χ1) is 15.6. The Bertz CT molecular complexity index is 1020. The number of benzene rings is 1. The van der Waals surface area contributed by atoms with Crippen LogP contribution >= 0.6 is 0 Å². The zero-order valence-corrected chi connectivity index (χ0v) is 18.3. The molecule has 0 bridgehead atoms. The fourth-order valence-corrected chi connectivity index (χ4v) is 4.01. The smallest absolute Gasteiger partial charge is 0.278 e. The van der Waals surface area contributed by atoms with Crippen LogP contribution in [0.4, 0.5) is 11.5 Å². The zero-order chi connectivity index (χ0) is 22.3. The minimum Gasteiger partial charge on any atom is -0.359 e. The van der Waals surface area contributed by atoms with Gasteiger partial charge in [0.25, 0.3) is 5.69 Å². The molecule has 1 aromatic carbocycles. The third kappa shape index (κ3) is 5.49. The summed E-state index contributed by atoms with van der Waals surface area (Å²) in [4.78, 5) is 22.3. The third-order valence-corrected chi connectivity index (χ3v) is 5.72. The Balaban J connectivity index is 1.21. The van der Waals surface area contributed by atoms with E-state index in [1.54, 1.807) is 24.3 Å². The lowest BCUT2D eigenvalue weighted by molar-refractivity contribution is -0.384. The summed E-state index contributed by atoms with van der Waals surface area (Å²) in [6.45, 7) is 6.68. The Hall–Kier alpha value is -3.30. The number of para-hydroxylation sites is 1. The van der Waals surface area contributed by atoms with Crippen LogP contribution in [0.5, 0.6) is 0 Å². The standard InChI is InChI=1S/C23H28N6O3/c1-26(11-6-12-27-13-15-28(16-14-27)23-9-4-5-10-24-23)18-19-17-21(25-32-19)20-7-2-3-8-22(20)29(30)31/h2-5,7-10,17H,6,11-16,18H2,1H3. The van der Waals surface area contributed by atoms with Crippen molar-refractivity contribution in [1.82, 2.24) is 19.9 Å². The second-order valence-electron chi connectivity index (χ2n) is 8.06. The van der Waals surface area contributed by atoms with E-state index in [0.717, 1.165) is 51.5 Å². The monoisotopic (exact) mass is 436 g/mol. The van der Waals surface area contributed by atoms with Gasteiger partial charge in [0.1, 0.15) is 11.5 Å². The van der Waals surface area contributed by atoms with Crippen LogP contribution < -0.4 is 4.90 Å². The summed E-state index contributed by atoms with van der Waals surface area (Å²) >= 11 is 0. The van der Waals surface area contributed by atoms with Crippen LogP contribution in [0.25, 0.3) is 11.3 Å². The highest BCUT2D eigenvalue weighted by molar-refractivity contribution is 5.70. The van der Waals surface area contributed by atoms with E-state index in [1.165, 1.54) is 6.07 Å². The molecule has 1 aliphatic rings. The molecular formula is C23H28N6O3. The van der Waals surface area contributed by atoms with Crippen molar-refractivity contribution >= 4 is 11.5 Å².